The molecule has 0 saturated carbocycles. The van der Waals surface area contributed by atoms with Crippen LogP contribution in [0.2, 0.25) is 36.3 Å². The zero-order valence-corrected chi connectivity index (χ0v) is 36.9. The van der Waals surface area contributed by atoms with Gasteiger partial charge in [0.25, 0.3) is 0 Å². The number of allylic oxidation sites excluding steroid dienone is 2. The van der Waals surface area contributed by atoms with E-state index in [0.717, 1.165) is 29.5 Å². The average Bonchev–Trinajstić information content (AvgIpc) is 3.06. The fourth-order valence-electron chi connectivity index (χ4n) is 7.53. The third-order valence-corrected chi connectivity index (χ3v) is 21.8. The zero-order valence-electron chi connectivity index (χ0n) is 34.9. The van der Waals surface area contributed by atoms with Crippen molar-refractivity contribution in [2.45, 2.75) is 154 Å². The number of carbonyl (C=O) groups excluding carboxylic acids is 2. The molecule has 0 N–H and O–H groups in total. The van der Waals surface area contributed by atoms with Gasteiger partial charge in [-0.05, 0) is 85.6 Å². The molecule has 9 heteroatoms. The fraction of sp³-hybridized carbons (Fsp3) is 0.600. The number of carbonyl (C=O) groups is 2. The molecule has 2 aromatic carbocycles. The van der Waals surface area contributed by atoms with Crippen molar-refractivity contribution in [3.8, 4) is 5.75 Å². The lowest BCUT2D eigenvalue weighted by Gasteiger charge is -2.46. The maximum Gasteiger partial charge on any atom is 0.352 e. The molecule has 1 heterocycles. The van der Waals surface area contributed by atoms with Crippen molar-refractivity contribution in [3.05, 3.63) is 89.5 Å². The minimum atomic E-state index is -2.15. The molecular weight excluding hydrogens is 709 g/mol. The van der Waals surface area contributed by atoms with Crippen molar-refractivity contribution in [2.75, 3.05) is 0 Å². The fourth-order valence-corrected chi connectivity index (χ4v) is 10.2. The second-order valence-corrected chi connectivity index (χ2v) is 28.6. The monoisotopic (exact) mass is 774 g/mol. The summed E-state index contributed by atoms with van der Waals surface area (Å²) in [6.45, 7) is 26.7. The van der Waals surface area contributed by atoms with Crippen LogP contribution >= 0.6 is 0 Å². The molecule has 0 spiro atoms. The second-order valence-electron chi connectivity index (χ2n) is 19.1. The Morgan fingerprint density at radius 3 is 2.13 bits per heavy atom. The van der Waals surface area contributed by atoms with E-state index in [4.69, 9.17) is 23.1 Å². The summed E-state index contributed by atoms with van der Waals surface area (Å²) < 4.78 is 32.8. The molecule has 1 aliphatic heterocycles. The summed E-state index contributed by atoms with van der Waals surface area (Å²) in [5.41, 5.74) is 3.01. The van der Waals surface area contributed by atoms with E-state index in [-0.39, 0.29) is 52.1 Å². The molecular formula is C45H66O7Si2. The van der Waals surface area contributed by atoms with Crippen LogP contribution in [0.15, 0.2) is 78.4 Å². The number of rotatable bonds is 12. The molecule has 0 bridgehead atoms. The van der Waals surface area contributed by atoms with Crippen LogP contribution in [-0.2, 0) is 27.9 Å². The smallest absolute Gasteiger partial charge is 0.352 e. The summed E-state index contributed by atoms with van der Waals surface area (Å²) in [7, 11) is -4.21. The Morgan fingerprint density at radius 1 is 0.870 bits per heavy atom. The predicted octanol–water partition coefficient (Wildman–Crippen LogP) is 11.1. The maximum atomic E-state index is 14.5. The number of cyclic esters (lactones) is 1. The number of ether oxygens (including phenoxy) is 3. The van der Waals surface area contributed by atoms with Crippen LogP contribution in [0.3, 0.4) is 0 Å². The van der Waals surface area contributed by atoms with E-state index in [1.807, 2.05) is 61.5 Å². The second kappa shape index (κ2) is 16.6. The number of esters is 2. The lowest BCUT2D eigenvalue weighted by atomic mass is 9.66. The summed E-state index contributed by atoms with van der Waals surface area (Å²) in [5, 5.41) is 0.0819. The van der Waals surface area contributed by atoms with Crippen molar-refractivity contribution in [1.29, 1.82) is 0 Å². The highest BCUT2D eigenvalue weighted by Crippen LogP contribution is 2.47. The van der Waals surface area contributed by atoms with E-state index >= 15 is 0 Å². The standard InChI is InChI=1S/C45H66O7Si2/c1-30-18-22-34(23-19-30)49-42(32-16-14-13-15-17-32)43(47)50-39-28-36(51-53(9,10)44(3,4)5)26-33-21-20-31(2)38(41(33)39)25-24-35-27-37(29-40(46)48-35)52-54(11,12)45(6,7)8/h13-23,26,31,35-39,41-42H,24-25,27-29H2,1-12H3/t31-,35+,36+,37+,38-,39-,41-,42?/m0/s1. The molecule has 3 aliphatic rings. The third-order valence-electron chi connectivity index (χ3n) is 12.8. The Bertz CT molecular complexity index is 1650. The van der Waals surface area contributed by atoms with Gasteiger partial charge in [-0.25, -0.2) is 4.79 Å². The van der Waals surface area contributed by atoms with E-state index < -0.39 is 34.8 Å². The SMILES string of the molecule is Cc1ccc(OC(C(=O)O[C@H]2C[C@H](O[Si](C)(C)C(C)(C)C)C=C3C=C[C@H](C)[C@H](CC[C@@H]4C[C@@H](O[Si](C)(C)C(C)(C)C)CC(=O)O4)[C@H]32)c2ccccc2)cc1. The van der Waals surface area contributed by atoms with Gasteiger partial charge < -0.3 is 23.1 Å². The summed E-state index contributed by atoms with van der Waals surface area (Å²) in [4.78, 5) is 27.4. The number of hydrogen-bond acceptors (Lipinski definition) is 7. The van der Waals surface area contributed by atoms with Crippen molar-refractivity contribution >= 4 is 28.6 Å². The van der Waals surface area contributed by atoms with Crippen molar-refractivity contribution in [1.82, 2.24) is 0 Å². The summed E-state index contributed by atoms with van der Waals surface area (Å²) in [5.74, 6) is 0.386. The van der Waals surface area contributed by atoms with Gasteiger partial charge in [0.2, 0.25) is 6.10 Å². The van der Waals surface area contributed by atoms with Gasteiger partial charge in [-0.15, -0.1) is 0 Å². The van der Waals surface area contributed by atoms with Gasteiger partial charge in [-0.3, -0.25) is 4.79 Å². The minimum Gasteiger partial charge on any atom is -0.474 e. The number of aryl methyl sites for hydroxylation is 1. The molecule has 0 aromatic heterocycles. The molecule has 2 aromatic rings. The molecule has 5 rings (SSSR count). The largest absolute Gasteiger partial charge is 0.474 e. The molecule has 0 amide bonds. The van der Waals surface area contributed by atoms with Gasteiger partial charge in [-0.2, -0.15) is 0 Å². The quantitative estimate of drug-likeness (QED) is 0.157. The normalized spacial score (nSPS) is 27.0. The maximum absolute atomic E-state index is 14.5. The van der Waals surface area contributed by atoms with Gasteiger partial charge in [0.05, 0.1) is 18.6 Å². The summed E-state index contributed by atoms with van der Waals surface area (Å²) >= 11 is 0. The van der Waals surface area contributed by atoms with Crippen LogP contribution in [0.5, 0.6) is 5.75 Å². The first kappa shape index (κ1) is 42.2. The Balaban J connectivity index is 1.42. The predicted molar refractivity (Wildman–Crippen MR) is 221 cm³/mol. The van der Waals surface area contributed by atoms with Gasteiger partial charge in [0.15, 0.2) is 16.6 Å². The summed E-state index contributed by atoms with van der Waals surface area (Å²) in [6, 6.07) is 17.4. The topological polar surface area (TPSA) is 80.3 Å². The van der Waals surface area contributed by atoms with Crippen molar-refractivity contribution in [3.63, 3.8) is 0 Å². The lowest BCUT2D eigenvalue weighted by molar-refractivity contribution is -0.164. The first-order valence-electron chi connectivity index (χ1n) is 20.1. The Kier molecular flexibility index (Phi) is 13.0. The highest BCUT2D eigenvalue weighted by molar-refractivity contribution is 6.74. The first-order valence-corrected chi connectivity index (χ1v) is 25.9. The molecule has 7 nitrogen and oxygen atoms in total. The van der Waals surface area contributed by atoms with Crippen LogP contribution in [-0.4, -0.2) is 53.0 Å². The van der Waals surface area contributed by atoms with Crippen molar-refractivity contribution in [2.24, 2.45) is 17.8 Å². The highest BCUT2D eigenvalue weighted by atomic mass is 28.4. The molecule has 1 saturated heterocycles. The van der Waals surface area contributed by atoms with Gasteiger partial charge in [0.1, 0.15) is 18.0 Å². The molecule has 1 unspecified atom stereocenters. The van der Waals surface area contributed by atoms with Crippen LogP contribution in [0.1, 0.15) is 97.8 Å². The first-order chi connectivity index (χ1) is 25.1. The Labute approximate surface area is 327 Å². The Hall–Kier alpha value is -2.99. The van der Waals surface area contributed by atoms with Gasteiger partial charge in [0, 0.05) is 24.3 Å². The van der Waals surface area contributed by atoms with E-state index in [2.05, 4.69) is 92.9 Å². The van der Waals surface area contributed by atoms with Crippen LogP contribution in [0, 0.1) is 24.7 Å². The van der Waals surface area contributed by atoms with E-state index in [9.17, 15) is 9.59 Å². The number of benzene rings is 2. The molecule has 54 heavy (non-hydrogen) atoms. The van der Waals surface area contributed by atoms with E-state index in [1.165, 1.54) is 0 Å². The van der Waals surface area contributed by atoms with Crippen LogP contribution < -0.4 is 4.74 Å². The molecule has 8 atom stereocenters. The lowest BCUT2D eigenvalue weighted by Crippen LogP contribution is -2.49. The minimum absolute atomic E-state index is 0.0256. The third kappa shape index (κ3) is 10.2. The zero-order chi connectivity index (χ0) is 39.6. The van der Waals surface area contributed by atoms with Gasteiger partial charge >= 0.3 is 11.9 Å². The van der Waals surface area contributed by atoms with Crippen LogP contribution in [0.25, 0.3) is 0 Å². The van der Waals surface area contributed by atoms with Crippen LogP contribution in [0.4, 0.5) is 0 Å². The molecule has 0 radical (unpaired) electrons. The average molecular weight is 775 g/mol. The molecule has 2 aliphatic carbocycles. The highest BCUT2D eigenvalue weighted by Gasteiger charge is 2.47. The molecule has 296 valence electrons. The van der Waals surface area contributed by atoms with Gasteiger partial charge in [-0.1, -0.05) is 115 Å². The van der Waals surface area contributed by atoms with E-state index in [0.29, 0.717) is 25.0 Å². The molecule has 1 fully saturated rings. The summed E-state index contributed by atoms with van der Waals surface area (Å²) in [6.07, 6.45) is 8.02. The van der Waals surface area contributed by atoms with E-state index in [1.54, 1.807) is 0 Å². The van der Waals surface area contributed by atoms with Crippen molar-refractivity contribution < 1.29 is 32.7 Å². The Morgan fingerprint density at radius 2 is 1.50 bits per heavy atom. The number of hydrogen-bond donors (Lipinski definition) is 0. The number of fused-ring (bicyclic) bond motifs is 1.